The Hall–Kier alpha value is -3.43. The summed E-state index contributed by atoms with van der Waals surface area (Å²) in [7, 11) is -3.79. The maximum absolute atomic E-state index is 15.1. The molecule has 1 unspecified atom stereocenters. The number of hydrogen-bond donors (Lipinski definition) is 2. The van der Waals surface area contributed by atoms with E-state index in [0.717, 1.165) is 37.4 Å². The Morgan fingerprint density at radius 3 is 2.16 bits per heavy atom. The molecule has 0 radical (unpaired) electrons. The second-order valence-electron chi connectivity index (χ2n) is 10.6. The fourth-order valence-electron chi connectivity index (χ4n) is 4.45. The van der Waals surface area contributed by atoms with Crippen LogP contribution in [-0.4, -0.2) is 55.3 Å². The summed E-state index contributed by atoms with van der Waals surface area (Å²) in [5, 5.41) is 9.72. The van der Waals surface area contributed by atoms with Gasteiger partial charge in [0.2, 0.25) is 10.0 Å². The zero-order valence-corrected chi connectivity index (χ0v) is 22.9. The molecule has 1 aliphatic heterocycles. The third-order valence-corrected chi connectivity index (χ3v) is 9.09. The molecule has 1 aliphatic rings. The number of amides is 1. The number of phenols is 1. The van der Waals surface area contributed by atoms with Crippen LogP contribution in [0.15, 0.2) is 66.7 Å². The molecule has 38 heavy (non-hydrogen) atoms. The summed E-state index contributed by atoms with van der Waals surface area (Å²) in [6, 6.07) is 18.8. The third kappa shape index (κ3) is 6.00. The summed E-state index contributed by atoms with van der Waals surface area (Å²) in [5.41, 5.74) is 3.32. The van der Waals surface area contributed by atoms with Gasteiger partial charge in [0.1, 0.15) is 11.6 Å². The second-order valence-corrected chi connectivity index (χ2v) is 13.0. The minimum atomic E-state index is -3.79. The predicted molar refractivity (Wildman–Crippen MR) is 148 cm³/mol. The number of hydrogen-bond acceptors (Lipinski definition) is 6. The van der Waals surface area contributed by atoms with Gasteiger partial charge >= 0.3 is 0 Å². The topological polar surface area (TPSA) is 89.9 Å². The molecule has 0 bridgehead atoms. The lowest BCUT2D eigenvalue weighted by Crippen LogP contribution is -2.47. The number of halogens is 1. The molecule has 0 aromatic heterocycles. The third-order valence-electron chi connectivity index (χ3n) is 7.02. The maximum atomic E-state index is 15.1. The largest absolute Gasteiger partial charge is 0.508 e. The van der Waals surface area contributed by atoms with Crippen molar-refractivity contribution in [2.75, 3.05) is 31.1 Å². The van der Waals surface area contributed by atoms with Crippen LogP contribution in [0.2, 0.25) is 0 Å². The average Bonchev–Trinajstić information content (AvgIpc) is 2.87. The fourth-order valence-corrected chi connectivity index (χ4v) is 5.12. The summed E-state index contributed by atoms with van der Waals surface area (Å²) in [4.78, 5) is 16.9. The van der Waals surface area contributed by atoms with Crippen molar-refractivity contribution < 1.29 is 22.7 Å². The number of nitrogens with one attached hydrogen (secondary N) is 1. The van der Waals surface area contributed by atoms with Crippen LogP contribution in [0.5, 0.6) is 5.75 Å². The van der Waals surface area contributed by atoms with Crippen molar-refractivity contribution in [3.63, 3.8) is 0 Å². The van der Waals surface area contributed by atoms with E-state index in [-0.39, 0.29) is 23.2 Å². The standard InChI is InChI=1S/C29H34FN3O4S/c1-20(26-13-10-23(19-27(26)30)22-6-5-7-25(34)18-22)32-14-16-33(17-15-32)24-11-8-21(9-12-24)28(35)31-38(36,37)29(2,3)4/h5-13,18-20,34H,14-17H2,1-4H3,(H,31,35). The van der Waals surface area contributed by atoms with Crippen LogP contribution < -0.4 is 9.62 Å². The van der Waals surface area contributed by atoms with Gasteiger partial charge in [0, 0.05) is 49.0 Å². The molecule has 0 aliphatic carbocycles. The van der Waals surface area contributed by atoms with Crippen molar-refractivity contribution >= 4 is 21.6 Å². The monoisotopic (exact) mass is 539 g/mol. The van der Waals surface area contributed by atoms with Crippen LogP contribution in [0.4, 0.5) is 10.1 Å². The molecule has 1 heterocycles. The van der Waals surface area contributed by atoms with Crippen molar-refractivity contribution in [3.05, 3.63) is 83.7 Å². The van der Waals surface area contributed by atoms with Crippen LogP contribution in [0.3, 0.4) is 0 Å². The van der Waals surface area contributed by atoms with E-state index in [4.69, 9.17) is 0 Å². The van der Waals surface area contributed by atoms with Crippen LogP contribution in [-0.2, 0) is 10.0 Å². The van der Waals surface area contributed by atoms with E-state index in [9.17, 15) is 18.3 Å². The number of anilines is 1. The summed E-state index contributed by atoms with van der Waals surface area (Å²) in [6.45, 7) is 9.55. The number of phenolic OH excluding ortho intramolecular Hbond substituents is 1. The first-order valence-electron chi connectivity index (χ1n) is 12.6. The van der Waals surface area contributed by atoms with E-state index in [0.29, 0.717) is 11.1 Å². The van der Waals surface area contributed by atoms with Crippen LogP contribution in [0.1, 0.15) is 49.7 Å². The highest BCUT2D eigenvalue weighted by molar-refractivity contribution is 7.91. The zero-order chi connectivity index (χ0) is 27.7. The molecule has 0 saturated carbocycles. The SMILES string of the molecule is CC(c1ccc(-c2cccc(O)c2)cc1F)N1CCN(c2ccc(C(=O)NS(=O)(=O)C(C)(C)C)cc2)CC1. The van der Waals surface area contributed by atoms with E-state index < -0.39 is 20.7 Å². The summed E-state index contributed by atoms with van der Waals surface area (Å²) >= 11 is 0. The van der Waals surface area contributed by atoms with Gasteiger partial charge in [0.05, 0.1) is 4.75 Å². The van der Waals surface area contributed by atoms with Crippen molar-refractivity contribution in [1.29, 1.82) is 0 Å². The Balaban J connectivity index is 1.37. The van der Waals surface area contributed by atoms with Gasteiger partial charge in [-0.15, -0.1) is 0 Å². The molecule has 4 rings (SSSR count). The normalized spacial score (nSPS) is 15.8. The van der Waals surface area contributed by atoms with Crippen LogP contribution >= 0.6 is 0 Å². The number of aromatic hydroxyl groups is 1. The number of rotatable bonds is 6. The van der Waals surface area contributed by atoms with Gasteiger partial charge in [0.15, 0.2) is 0 Å². The van der Waals surface area contributed by atoms with Gasteiger partial charge < -0.3 is 10.0 Å². The molecule has 3 aromatic carbocycles. The minimum absolute atomic E-state index is 0.105. The first-order chi connectivity index (χ1) is 17.9. The van der Waals surface area contributed by atoms with Crippen molar-refractivity contribution in [2.24, 2.45) is 0 Å². The van der Waals surface area contributed by atoms with Crippen LogP contribution in [0, 0.1) is 5.82 Å². The number of piperazine rings is 1. The quantitative estimate of drug-likeness (QED) is 0.461. The summed E-state index contributed by atoms with van der Waals surface area (Å²) in [6.07, 6.45) is 0. The number of sulfonamides is 1. The average molecular weight is 540 g/mol. The molecule has 7 nitrogen and oxygen atoms in total. The smallest absolute Gasteiger partial charge is 0.264 e. The number of nitrogens with zero attached hydrogens (tertiary/aromatic N) is 2. The van der Waals surface area contributed by atoms with E-state index in [1.807, 2.05) is 37.3 Å². The minimum Gasteiger partial charge on any atom is -0.508 e. The molecule has 1 amide bonds. The Labute approximate surface area is 224 Å². The molecule has 3 aromatic rings. The molecule has 1 fully saturated rings. The van der Waals surface area contributed by atoms with E-state index >= 15 is 4.39 Å². The molecular weight excluding hydrogens is 505 g/mol. The molecule has 1 atom stereocenters. The Morgan fingerprint density at radius 1 is 0.947 bits per heavy atom. The van der Waals surface area contributed by atoms with Crippen molar-refractivity contribution in [2.45, 2.75) is 38.5 Å². The lowest BCUT2D eigenvalue weighted by atomic mass is 9.99. The van der Waals surface area contributed by atoms with Gasteiger partial charge in [-0.2, -0.15) is 0 Å². The van der Waals surface area contributed by atoms with Crippen molar-refractivity contribution in [1.82, 2.24) is 9.62 Å². The zero-order valence-electron chi connectivity index (χ0n) is 22.1. The summed E-state index contributed by atoms with van der Waals surface area (Å²) < 4.78 is 40.7. The second kappa shape index (κ2) is 10.7. The van der Waals surface area contributed by atoms with Gasteiger partial charge in [-0.25, -0.2) is 17.5 Å². The predicted octanol–water partition coefficient (Wildman–Crippen LogP) is 4.94. The van der Waals surface area contributed by atoms with E-state index in [1.165, 1.54) is 26.8 Å². The van der Waals surface area contributed by atoms with Crippen LogP contribution in [0.25, 0.3) is 11.1 Å². The molecule has 2 N–H and O–H groups in total. The highest BCUT2D eigenvalue weighted by Gasteiger charge is 2.31. The first kappa shape index (κ1) is 27.6. The van der Waals surface area contributed by atoms with Crippen molar-refractivity contribution in [3.8, 4) is 16.9 Å². The lowest BCUT2D eigenvalue weighted by molar-refractivity contribution is 0.0980. The molecule has 9 heteroatoms. The number of carbonyl (C=O) groups excluding carboxylic acids is 1. The molecule has 202 valence electrons. The van der Waals surface area contributed by atoms with E-state index in [1.54, 1.807) is 30.3 Å². The van der Waals surface area contributed by atoms with Gasteiger partial charge in [-0.05, 0) is 81.3 Å². The van der Waals surface area contributed by atoms with Gasteiger partial charge in [0.25, 0.3) is 5.91 Å². The Bertz CT molecular complexity index is 1410. The van der Waals surface area contributed by atoms with Gasteiger partial charge in [-0.3, -0.25) is 9.69 Å². The lowest BCUT2D eigenvalue weighted by Gasteiger charge is -2.39. The molecule has 0 spiro atoms. The Kier molecular flexibility index (Phi) is 7.80. The first-order valence-corrected chi connectivity index (χ1v) is 14.1. The molecular formula is C29H34FN3O4S. The number of carbonyl (C=O) groups is 1. The highest BCUT2D eigenvalue weighted by Crippen LogP contribution is 2.30. The Morgan fingerprint density at radius 2 is 1.58 bits per heavy atom. The van der Waals surface area contributed by atoms with Gasteiger partial charge in [-0.1, -0.05) is 24.3 Å². The fraction of sp³-hybridized carbons (Fsp3) is 0.345. The molecule has 1 saturated heterocycles. The highest BCUT2D eigenvalue weighted by atomic mass is 32.2. The van der Waals surface area contributed by atoms with E-state index in [2.05, 4.69) is 14.5 Å². The summed E-state index contributed by atoms with van der Waals surface area (Å²) in [5.74, 6) is -0.782. The number of benzene rings is 3. The maximum Gasteiger partial charge on any atom is 0.264 e.